The maximum absolute atomic E-state index is 4.53. The van der Waals surface area contributed by atoms with Gasteiger partial charge in [-0.05, 0) is 43.9 Å². The third kappa shape index (κ3) is 4.23. The average molecular weight is 396 g/mol. The molecule has 0 unspecified atom stereocenters. The van der Waals surface area contributed by atoms with Crippen molar-refractivity contribution in [2.24, 2.45) is 4.99 Å². The van der Waals surface area contributed by atoms with Gasteiger partial charge in [0.2, 0.25) is 0 Å². The largest absolute Gasteiger partial charge is 0.368 e. The van der Waals surface area contributed by atoms with Crippen molar-refractivity contribution in [1.29, 1.82) is 0 Å². The third-order valence-corrected chi connectivity index (χ3v) is 6.30. The molecule has 0 saturated carbocycles. The van der Waals surface area contributed by atoms with E-state index in [2.05, 4.69) is 66.9 Å². The third-order valence-electron chi connectivity index (χ3n) is 6.30. The molecule has 1 saturated heterocycles. The van der Waals surface area contributed by atoms with Crippen LogP contribution in [-0.4, -0.2) is 58.9 Å². The lowest BCUT2D eigenvalue weighted by Crippen LogP contribution is -2.52. The molecule has 0 radical (unpaired) electrons. The predicted molar refractivity (Wildman–Crippen MR) is 117 cm³/mol. The molecule has 1 aromatic carbocycles. The lowest BCUT2D eigenvalue weighted by molar-refractivity contribution is 0.371. The van der Waals surface area contributed by atoms with Crippen molar-refractivity contribution in [3.63, 3.8) is 0 Å². The number of aliphatic imine (C=N–C) groups is 1. The first-order chi connectivity index (χ1) is 14.2. The van der Waals surface area contributed by atoms with Gasteiger partial charge < -0.3 is 19.7 Å². The van der Waals surface area contributed by atoms with Crippen LogP contribution in [0.2, 0.25) is 0 Å². The summed E-state index contributed by atoms with van der Waals surface area (Å²) in [4.78, 5) is 9.37. The number of anilines is 1. The summed E-state index contributed by atoms with van der Waals surface area (Å²) >= 11 is 0. The number of rotatable bonds is 3. The highest BCUT2D eigenvalue weighted by Gasteiger charge is 2.22. The summed E-state index contributed by atoms with van der Waals surface area (Å²) in [6.45, 7) is 10.1. The molecule has 0 amide bonds. The standard InChI is InChI=1S/C22H33N7/c1-17-8-7-9-19(18(17)2)27-12-14-28(15-13-27)22(23-3)24-16-21-26-25-20-10-5-4-6-11-29(20)21/h7-9H,4-6,10-16H2,1-3H3,(H,23,24). The van der Waals surface area contributed by atoms with Crippen LogP contribution in [0, 0.1) is 13.8 Å². The van der Waals surface area contributed by atoms with Gasteiger partial charge in [-0.25, -0.2) is 0 Å². The lowest BCUT2D eigenvalue weighted by Gasteiger charge is -2.38. The zero-order valence-corrected chi connectivity index (χ0v) is 18.0. The highest BCUT2D eigenvalue weighted by atomic mass is 15.4. The van der Waals surface area contributed by atoms with Crippen molar-refractivity contribution in [2.75, 3.05) is 38.1 Å². The second kappa shape index (κ2) is 8.84. The number of fused-ring (bicyclic) bond motifs is 1. The molecule has 1 aromatic heterocycles. The molecule has 0 atom stereocenters. The van der Waals surface area contributed by atoms with Crippen LogP contribution in [0.5, 0.6) is 0 Å². The number of aryl methyl sites for hydroxylation is 2. The van der Waals surface area contributed by atoms with E-state index in [0.29, 0.717) is 6.54 Å². The first-order valence-electron chi connectivity index (χ1n) is 10.8. The molecule has 0 bridgehead atoms. The van der Waals surface area contributed by atoms with Crippen LogP contribution in [0.25, 0.3) is 0 Å². The van der Waals surface area contributed by atoms with Crippen LogP contribution < -0.4 is 10.2 Å². The van der Waals surface area contributed by atoms with Gasteiger partial charge >= 0.3 is 0 Å². The lowest BCUT2D eigenvalue weighted by atomic mass is 10.1. The molecule has 7 nitrogen and oxygen atoms in total. The fourth-order valence-corrected chi connectivity index (χ4v) is 4.40. The van der Waals surface area contributed by atoms with Crippen LogP contribution >= 0.6 is 0 Å². The molecule has 29 heavy (non-hydrogen) atoms. The zero-order chi connectivity index (χ0) is 20.2. The van der Waals surface area contributed by atoms with Gasteiger partial charge in [0, 0.05) is 51.9 Å². The minimum absolute atomic E-state index is 0.677. The molecule has 2 aromatic rings. The Morgan fingerprint density at radius 1 is 1.03 bits per heavy atom. The summed E-state index contributed by atoms with van der Waals surface area (Å²) < 4.78 is 2.30. The molecule has 0 spiro atoms. The van der Waals surface area contributed by atoms with Crippen LogP contribution in [0.4, 0.5) is 5.69 Å². The Kier molecular flexibility index (Phi) is 6.02. The van der Waals surface area contributed by atoms with E-state index >= 15 is 0 Å². The molecule has 156 valence electrons. The summed E-state index contributed by atoms with van der Waals surface area (Å²) in [5, 5.41) is 12.4. The SMILES string of the molecule is CN=C(NCc1nnc2n1CCCCC2)N1CCN(c2cccc(C)c2C)CC1. The van der Waals surface area contributed by atoms with Gasteiger partial charge in [-0.2, -0.15) is 0 Å². The van der Waals surface area contributed by atoms with Crippen LogP contribution in [-0.2, 0) is 19.5 Å². The minimum Gasteiger partial charge on any atom is -0.368 e. The molecule has 3 heterocycles. The van der Waals surface area contributed by atoms with Gasteiger partial charge in [-0.15, -0.1) is 10.2 Å². The normalized spacial score (nSPS) is 17.8. The minimum atomic E-state index is 0.677. The van der Waals surface area contributed by atoms with Gasteiger partial charge in [-0.3, -0.25) is 4.99 Å². The first-order valence-corrected chi connectivity index (χ1v) is 10.8. The van der Waals surface area contributed by atoms with Crippen molar-refractivity contribution in [3.05, 3.63) is 41.0 Å². The summed E-state index contributed by atoms with van der Waals surface area (Å²) in [6.07, 6.45) is 4.76. The van der Waals surface area contributed by atoms with Gasteiger partial charge in [-0.1, -0.05) is 18.6 Å². The molecule has 4 rings (SSSR count). The van der Waals surface area contributed by atoms with E-state index in [9.17, 15) is 0 Å². The molecule has 2 aliphatic heterocycles. The number of nitrogens with zero attached hydrogens (tertiary/aromatic N) is 6. The number of hydrogen-bond acceptors (Lipinski definition) is 4. The molecule has 1 N–H and O–H groups in total. The predicted octanol–water partition coefficient (Wildman–Crippen LogP) is 2.52. The van der Waals surface area contributed by atoms with Gasteiger partial charge in [0.15, 0.2) is 11.8 Å². The second-order valence-electron chi connectivity index (χ2n) is 8.09. The van der Waals surface area contributed by atoms with Crippen LogP contribution in [0.1, 0.15) is 42.0 Å². The quantitative estimate of drug-likeness (QED) is 0.639. The maximum atomic E-state index is 4.53. The smallest absolute Gasteiger partial charge is 0.194 e. The van der Waals surface area contributed by atoms with Crippen LogP contribution in [0.15, 0.2) is 23.2 Å². The molecule has 1 fully saturated rings. The number of nitrogens with one attached hydrogen (secondary N) is 1. The van der Waals surface area contributed by atoms with Crippen molar-refractivity contribution in [3.8, 4) is 0 Å². The van der Waals surface area contributed by atoms with E-state index < -0.39 is 0 Å². The van der Waals surface area contributed by atoms with E-state index in [1.165, 1.54) is 36.1 Å². The fourth-order valence-electron chi connectivity index (χ4n) is 4.40. The monoisotopic (exact) mass is 395 g/mol. The Bertz CT molecular complexity index is 862. The summed E-state index contributed by atoms with van der Waals surface area (Å²) in [5.74, 6) is 3.12. The number of hydrogen-bond donors (Lipinski definition) is 1. The van der Waals surface area contributed by atoms with Crippen molar-refractivity contribution in [1.82, 2.24) is 25.0 Å². The Balaban J connectivity index is 1.35. The van der Waals surface area contributed by atoms with Crippen LogP contribution in [0.3, 0.4) is 0 Å². The van der Waals surface area contributed by atoms with Gasteiger partial charge in [0.1, 0.15) is 5.82 Å². The Morgan fingerprint density at radius 3 is 2.66 bits per heavy atom. The van der Waals surface area contributed by atoms with Gasteiger partial charge in [0.05, 0.1) is 6.54 Å². The Morgan fingerprint density at radius 2 is 1.86 bits per heavy atom. The second-order valence-corrected chi connectivity index (χ2v) is 8.09. The number of aromatic nitrogens is 3. The van der Waals surface area contributed by atoms with Crippen molar-refractivity contribution >= 4 is 11.6 Å². The first kappa shape index (κ1) is 19.7. The molecule has 2 aliphatic rings. The Hall–Kier alpha value is -2.57. The van der Waals surface area contributed by atoms with E-state index in [1.54, 1.807) is 0 Å². The Labute approximate surface area is 173 Å². The van der Waals surface area contributed by atoms with Crippen molar-refractivity contribution in [2.45, 2.75) is 52.6 Å². The number of guanidine groups is 1. The van der Waals surface area contributed by atoms with E-state index in [-0.39, 0.29) is 0 Å². The van der Waals surface area contributed by atoms with E-state index in [4.69, 9.17) is 0 Å². The average Bonchev–Trinajstić information content (AvgIpc) is 2.97. The zero-order valence-electron chi connectivity index (χ0n) is 18.0. The molecular weight excluding hydrogens is 362 g/mol. The number of benzene rings is 1. The number of piperazine rings is 1. The molecule has 0 aliphatic carbocycles. The molecular formula is C22H33N7. The van der Waals surface area contributed by atoms with Crippen molar-refractivity contribution < 1.29 is 0 Å². The highest BCUT2D eigenvalue weighted by molar-refractivity contribution is 5.80. The van der Waals surface area contributed by atoms with E-state index in [1.807, 2.05) is 7.05 Å². The highest BCUT2D eigenvalue weighted by Crippen LogP contribution is 2.24. The topological polar surface area (TPSA) is 61.6 Å². The fraction of sp³-hybridized carbons (Fsp3) is 0.591. The summed E-state index contributed by atoms with van der Waals surface area (Å²) in [7, 11) is 1.86. The van der Waals surface area contributed by atoms with Gasteiger partial charge in [0.25, 0.3) is 0 Å². The summed E-state index contributed by atoms with van der Waals surface area (Å²) in [5.41, 5.74) is 4.10. The molecule has 7 heteroatoms. The maximum Gasteiger partial charge on any atom is 0.194 e. The summed E-state index contributed by atoms with van der Waals surface area (Å²) in [6, 6.07) is 6.58. The van der Waals surface area contributed by atoms with E-state index in [0.717, 1.165) is 56.8 Å².